The monoisotopic (exact) mass is 314 g/mol. The van der Waals surface area contributed by atoms with Crippen molar-refractivity contribution in [2.45, 2.75) is 12.3 Å². The highest BCUT2D eigenvalue weighted by atomic mass is 35.5. The van der Waals surface area contributed by atoms with Gasteiger partial charge in [-0.15, -0.1) is 0 Å². The van der Waals surface area contributed by atoms with E-state index in [-0.39, 0.29) is 5.02 Å². The first-order valence-corrected chi connectivity index (χ1v) is 5.41. The van der Waals surface area contributed by atoms with Gasteiger partial charge in [-0.1, -0.05) is 11.6 Å². The molecule has 1 aromatic rings. The van der Waals surface area contributed by atoms with Crippen LogP contribution in [-0.2, 0) is 0 Å². The first kappa shape index (κ1) is 16.2. The second-order valence-electron chi connectivity index (χ2n) is 3.66. The third kappa shape index (κ3) is 3.80. The Morgan fingerprint density at radius 2 is 2.05 bits per heavy atom. The molecule has 1 amide bonds. The van der Waals surface area contributed by atoms with Gasteiger partial charge < -0.3 is 5.32 Å². The molecule has 0 aliphatic carbocycles. The highest BCUT2D eigenvalue weighted by Gasteiger charge is 2.41. The van der Waals surface area contributed by atoms with Crippen LogP contribution in [0.25, 0.3) is 0 Å². The van der Waals surface area contributed by atoms with Crippen molar-refractivity contribution >= 4 is 23.2 Å². The maximum absolute atomic E-state index is 12.6. The smallest absolute Gasteiger partial charge is 0.324 e. The van der Waals surface area contributed by atoms with Crippen LogP contribution in [0.3, 0.4) is 0 Å². The van der Waals surface area contributed by atoms with Gasteiger partial charge in [0.25, 0.3) is 11.6 Å². The van der Waals surface area contributed by atoms with E-state index in [1.54, 1.807) is 0 Å². The van der Waals surface area contributed by atoms with Crippen molar-refractivity contribution in [3.8, 4) is 0 Å². The van der Waals surface area contributed by atoms with Gasteiger partial charge in [0, 0.05) is 11.1 Å². The van der Waals surface area contributed by atoms with Gasteiger partial charge in [0.05, 0.1) is 11.5 Å². The molecule has 0 radical (unpaired) electrons. The number of hydrogen-bond donors (Lipinski definition) is 1. The molecule has 0 atom stereocenters. The van der Waals surface area contributed by atoms with Gasteiger partial charge in [-0.2, -0.15) is 8.78 Å². The van der Waals surface area contributed by atoms with E-state index in [0.29, 0.717) is 0 Å². The number of nitro benzene ring substituents is 1. The average Bonchev–Trinajstić information content (AvgIpc) is 2.35. The van der Waals surface area contributed by atoms with Crippen molar-refractivity contribution in [3.63, 3.8) is 0 Å². The summed E-state index contributed by atoms with van der Waals surface area (Å²) < 4.78 is 49.1. The zero-order valence-electron chi connectivity index (χ0n) is 9.58. The van der Waals surface area contributed by atoms with E-state index in [0.717, 1.165) is 18.2 Å². The average molecular weight is 315 g/mol. The third-order valence-electron chi connectivity index (χ3n) is 2.20. The summed E-state index contributed by atoms with van der Waals surface area (Å²) in [7, 11) is 0. The number of rotatable bonds is 5. The normalized spacial score (nSPS) is 11.5. The zero-order chi connectivity index (χ0) is 15.5. The Hall–Kier alpha value is -1.90. The molecule has 0 heterocycles. The summed E-state index contributed by atoms with van der Waals surface area (Å²) in [5.74, 6) is -5.72. The molecule has 0 saturated carbocycles. The molecular weight excluding hydrogens is 308 g/mol. The standard InChI is InChI=1S/C10H7ClF4N2O3/c11-5-1-2-7(17(19)20)6(3-5)8(18)16-4-10(14,15)9(12)13/h1-3,9H,4H2,(H,16,18). The summed E-state index contributed by atoms with van der Waals surface area (Å²) in [5, 5.41) is 12.1. The Morgan fingerprint density at radius 1 is 1.45 bits per heavy atom. The molecule has 1 rings (SSSR count). The van der Waals surface area contributed by atoms with Crippen molar-refractivity contribution in [2.24, 2.45) is 0 Å². The summed E-state index contributed by atoms with van der Waals surface area (Å²) in [4.78, 5) is 21.3. The van der Waals surface area contributed by atoms with E-state index in [1.807, 2.05) is 0 Å². The molecule has 0 aliphatic heterocycles. The highest BCUT2D eigenvalue weighted by Crippen LogP contribution is 2.24. The number of nitrogens with zero attached hydrogens (tertiary/aromatic N) is 1. The molecule has 0 bridgehead atoms. The van der Waals surface area contributed by atoms with Gasteiger partial charge in [0.1, 0.15) is 5.56 Å². The van der Waals surface area contributed by atoms with Crippen molar-refractivity contribution in [2.75, 3.05) is 6.54 Å². The lowest BCUT2D eigenvalue weighted by Gasteiger charge is -2.15. The van der Waals surface area contributed by atoms with Crippen LogP contribution < -0.4 is 5.32 Å². The molecule has 0 unspecified atom stereocenters. The lowest BCUT2D eigenvalue weighted by Crippen LogP contribution is -2.41. The van der Waals surface area contributed by atoms with Gasteiger partial charge in [-0.3, -0.25) is 14.9 Å². The van der Waals surface area contributed by atoms with Crippen molar-refractivity contribution < 1.29 is 27.3 Å². The maximum atomic E-state index is 12.6. The number of carbonyl (C=O) groups is 1. The Kier molecular flexibility index (Phi) is 4.88. The minimum Gasteiger partial charge on any atom is -0.346 e. The summed E-state index contributed by atoms with van der Waals surface area (Å²) in [6.07, 6.45) is -3.96. The number of halogens is 5. The van der Waals surface area contributed by atoms with Gasteiger partial charge in [0.15, 0.2) is 0 Å². The van der Waals surface area contributed by atoms with Crippen LogP contribution >= 0.6 is 11.6 Å². The van der Waals surface area contributed by atoms with E-state index >= 15 is 0 Å². The fourth-order valence-electron chi connectivity index (χ4n) is 1.22. The number of alkyl halides is 4. The summed E-state index contributed by atoms with van der Waals surface area (Å²) in [5.41, 5.74) is -1.26. The van der Waals surface area contributed by atoms with E-state index in [9.17, 15) is 32.5 Å². The molecule has 10 heteroatoms. The number of nitrogens with one attached hydrogen (secondary N) is 1. The fraction of sp³-hybridized carbons (Fsp3) is 0.300. The molecule has 20 heavy (non-hydrogen) atoms. The summed E-state index contributed by atoms with van der Waals surface area (Å²) >= 11 is 5.54. The number of amides is 1. The van der Waals surface area contributed by atoms with Crippen LogP contribution in [0.15, 0.2) is 18.2 Å². The van der Waals surface area contributed by atoms with Crippen LogP contribution in [0.4, 0.5) is 23.2 Å². The van der Waals surface area contributed by atoms with Crippen molar-refractivity contribution in [1.82, 2.24) is 5.32 Å². The maximum Gasteiger partial charge on any atom is 0.324 e. The summed E-state index contributed by atoms with van der Waals surface area (Å²) in [6, 6.07) is 2.92. The fourth-order valence-corrected chi connectivity index (χ4v) is 1.39. The van der Waals surface area contributed by atoms with Crippen LogP contribution in [-0.4, -0.2) is 29.7 Å². The molecule has 1 N–H and O–H groups in total. The van der Waals surface area contributed by atoms with Crippen molar-refractivity contribution in [3.05, 3.63) is 38.9 Å². The van der Waals surface area contributed by atoms with Crippen molar-refractivity contribution in [1.29, 1.82) is 0 Å². The first-order chi connectivity index (χ1) is 9.15. The van der Waals surface area contributed by atoms with E-state index < -0.39 is 41.0 Å². The minimum absolute atomic E-state index is 0.0404. The highest BCUT2D eigenvalue weighted by molar-refractivity contribution is 6.31. The molecule has 0 aromatic heterocycles. The van der Waals surface area contributed by atoms with Crippen LogP contribution in [0.1, 0.15) is 10.4 Å². The number of hydrogen-bond acceptors (Lipinski definition) is 3. The third-order valence-corrected chi connectivity index (χ3v) is 2.44. The second kappa shape index (κ2) is 6.04. The van der Waals surface area contributed by atoms with Crippen LogP contribution in [0.5, 0.6) is 0 Å². The Balaban J connectivity index is 2.93. The van der Waals surface area contributed by atoms with E-state index in [2.05, 4.69) is 0 Å². The SMILES string of the molecule is O=C(NCC(F)(F)C(F)F)c1cc(Cl)ccc1[N+](=O)[O-]. The molecular formula is C10H7ClF4N2O3. The predicted molar refractivity (Wildman–Crippen MR) is 61.4 cm³/mol. The largest absolute Gasteiger partial charge is 0.346 e. The molecule has 5 nitrogen and oxygen atoms in total. The molecule has 1 aromatic carbocycles. The minimum atomic E-state index is -4.43. The van der Waals surface area contributed by atoms with Crippen LogP contribution in [0.2, 0.25) is 5.02 Å². The first-order valence-electron chi connectivity index (χ1n) is 5.03. The van der Waals surface area contributed by atoms with Gasteiger partial charge in [0.2, 0.25) is 0 Å². The Bertz CT molecular complexity index is 539. The van der Waals surface area contributed by atoms with E-state index in [4.69, 9.17) is 11.6 Å². The van der Waals surface area contributed by atoms with Crippen LogP contribution in [0, 0.1) is 10.1 Å². The lowest BCUT2D eigenvalue weighted by molar-refractivity contribution is -0.385. The second-order valence-corrected chi connectivity index (χ2v) is 4.10. The Labute approximate surface area is 114 Å². The Morgan fingerprint density at radius 3 is 2.55 bits per heavy atom. The number of nitro groups is 1. The zero-order valence-corrected chi connectivity index (χ0v) is 10.3. The number of carbonyl (C=O) groups excluding carboxylic acids is 1. The molecule has 0 saturated heterocycles. The van der Waals surface area contributed by atoms with Gasteiger partial charge >= 0.3 is 12.3 Å². The lowest BCUT2D eigenvalue weighted by atomic mass is 10.1. The molecule has 110 valence electrons. The quantitative estimate of drug-likeness (QED) is 0.516. The predicted octanol–water partition coefficient (Wildman–Crippen LogP) is 2.88. The molecule has 0 fully saturated rings. The number of benzene rings is 1. The molecule has 0 aliphatic rings. The summed E-state index contributed by atoms with van der Waals surface area (Å²) in [6.45, 7) is -1.65. The van der Waals surface area contributed by atoms with Gasteiger partial charge in [-0.25, -0.2) is 8.78 Å². The van der Waals surface area contributed by atoms with E-state index in [1.165, 1.54) is 5.32 Å². The molecule has 0 spiro atoms. The topological polar surface area (TPSA) is 72.2 Å². The van der Waals surface area contributed by atoms with Gasteiger partial charge in [-0.05, 0) is 12.1 Å².